The third-order valence-electron chi connectivity index (χ3n) is 4.30. The van der Waals surface area contributed by atoms with Gasteiger partial charge in [-0.05, 0) is 6.42 Å². The highest BCUT2D eigenvalue weighted by Crippen LogP contribution is 2.08. The second-order valence-corrected chi connectivity index (χ2v) is 6.49. The van der Waals surface area contributed by atoms with E-state index in [1.54, 1.807) is 0 Å². The van der Waals surface area contributed by atoms with Crippen LogP contribution >= 0.6 is 0 Å². The number of hydrogen-bond acceptors (Lipinski definition) is 5. The Kier molecular flexibility index (Phi) is 15.1. The Balaban J connectivity index is 1.99. The van der Waals surface area contributed by atoms with Gasteiger partial charge in [0, 0.05) is 52.4 Å². The van der Waals surface area contributed by atoms with E-state index < -0.39 is 0 Å². The molecule has 0 aromatic carbocycles. The van der Waals surface area contributed by atoms with Gasteiger partial charge in [-0.15, -0.1) is 0 Å². The Hall–Kier alpha value is -0.200. The second kappa shape index (κ2) is 16.7. The third-order valence-corrected chi connectivity index (χ3v) is 4.30. The standard InChI is InChI=1S/C18H40N4O/c1-2-3-4-5-6-7-8-9-18-23-22-16-14-20-12-10-19-11-13-21-15-17-22/h19-21H,2-18H2,1H3. The Morgan fingerprint density at radius 1 is 0.652 bits per heavy atom. The summed E-state index contributed by atoms with van der Waals surface area (Å²) in [6, 6.07) is 0. The van der Waals surface area contributed by atoms with E-state index in [9.17, 15) is 0 Å². The summed E-state index contributed by atoms with van der Waals surface area (Å²) >= 11 is 0. The summed E-state index contributed by atoms with van der Waals surface area (Å²) in [6.45, 7) is 11.2. The molecule has 0 saturated carbocycles. The first-order valence-corrected chi connectivity index (χ1v) is 9.93. The van der Waals surface area contributed by atoms with Gasteiger partial charge >= 0.3 is 0 Å². The molecule has 0 unspecified atom stereocenters. The number of nitrogens with zero attached hydrogens (tertiary/aromatic N) is 1. The van der Waals surface area contributed by atoms with Crippen LogP contribution in [-0.4, -0.2) is 64.0 Å². The lowest BCUT2D eigenvalue weighted by Crippen LogP contribution is -2.41. The predicted molar refractivity (Wildman–Crippen MR) is 98.7 cm³/mol. The molecule has 0 atom stereocenters. The zero-order valence-corrected chi connectivity index (χ0v) is 15.4. The van der Waals surface area contributed by atoms with E-state index in [1.807, 2.05) is 0 Å². The average Bonchev–Trinajstić information content (AvgIpc) is 2.55. The molecule has 0 aromatic rings. The van der Waals surface area contributed by atoms with Crippen LogP contribution < -0.4 is 16.0 Å². The van der Waals surface area contributed by atoms with Gasteiger partial charge in [0.05, 0.1) is 6.61 Å². The van der Waals surface area contributed by atoms with Crippen LogP contribution in [0.3, 0.4) is 0 Å². The quantitative estimate of drug-likeness (QED) is 0.537. The normalized spacial score (nSPS) is 19.2. The first kappa shape index (κ1) is 20.8. The average molecular weight is 329 g/mol. The maximum Gasteiger partial charge on any atom is 0.0685 e. The molecule has 138 valence electrons. The molecule has 3 N–H and O–H groups in total. The van der Waals surface area contributed by atoms with Crippen molar-refractivity contribution in [1.29, 1.82) is 0 Å². The van der Waals surface area contributed by atoms with Gasteiger partial charge in [0.25, 0.3) is 0 Å². The minimum atomic E-state index is 0.872. The fourth-order valence-corrected chi connectivity index (χ4v) is 2.81. The van der Waals surface area contributed by atoms with Crippen LogP contribution in [0, 0.1) is 0 Å². The molecule has 23 heavy (non-hydrogen) atoms. The fraction of sp³-hybridized carbons (Fsp3) is 1.00. The Bertz CT molecular complexity index is 229. The number of hydrogen-bond donors (Lipinski definition) is 3. The fourth-order valence-electron chi connectivity index (χ4n) is 2.81. The van der Waals surface area contributed by atoms with Crippen molar-refractivity contribution in [2.24, 2.45) is 0 Å². The van der Waals surface area contributed by atoms with E-state index in [-0.39, 0.29) is 0 Å². The predicted octanol–water partition coefficient (Wildman–Crippen LogP) is 2.14. The molecular weight excluding hydrogens is 288 g/mol. The highest BCUT2D eigenvalue weighted by molar-refractivity contribution is 4.60. The summed E-state index contributed by atoms with van der Waals surface area (Å²) in [5, 5.41) is 12.5. The van der Waals surface area contributed by atoms with Crippen molar-refractivity contribution in [3.05, 3.63) is 0 Å². The zero-order valence-electron chi connectivity index (χ0n) is 15.4. The Morgan fingerprint density at radius 3 is 1.70 bits per heavy atom. The summed E-state index contributed by atoms with van der Waals surface area (Å²) < 4.78 is 0. The lowest BCUT2D eigenvalue weighted by molar-refractivity contribution is -0.158. The molecule has 0 spiro atoms. The minimum absolute atomic E-state index is 0.872. The summed E-state index contributed by atoms with van der Waals surface area (Å²) in [5.74, 6) is 0. The molecule has 0 aliphatic carbocycles. The number of hydroxylamine groups is 2. The van der Waals surface area contributed by atoms with Crippen molar-refractivity contribution < 1.29 is 4.84 Å². The molecule has 1 aliphatic heterocycles. The van der Waals surface area contributed by atoms with Gasteiger partial charge in [0.1, 0.15) is 0 Å². The maximum atomic E-state index is 5.97. The summed E-state index contributed by atoms with van der Waals surface area (Å²) in [5.41, 5.74) is 0. The van der Waals surface area contributed by atoms with Crippen molar-refractivity contribution in [1.82, 2.24) is 21.0 Å². The van der Waals surface area contributed by atoms with E-state index in [2.05, 4.69) is 27.9 Å². The monoisotopic (exact) mass is 328 g/mol. The van der Waals surface area contributed by atoms with Crippen molar-refractivity contribution in [2.75, 3.05) is 59.0 Å². The molecule has 5 heteroatoms. The molecule has 1 saturated heterocycles. The highest BCUT2D eigenvalue weighted by Gasteiger charge is 2.05. The zero-order chi connectivity index (χ0) is 16.4. The molecule has 1 fully saturated rings. The second-order valence-electron chi connectivity index (χ2n) is 6.49. The lowest BCUT2D eigenvalue weighted by Gasteiger charge is -2.23. The molecule has 0 bridgehead atoms. The highest BCUT2D eigenvalue weighted by atomic mass is 16.7. The van der Waals surface area contributed by atoms with Crippen LogP contribution in [0.15, 0.2) is 0 Å². The van der Waals surface area contributed by atoms with E-state index in [0.29, 0.717) is 0 Å². The largest absolute Gasteiger partial charge is 0.314 e. The van der Waals surface area contributed by atoms with Crippen molar-refractivity contribution in [3.8, 4) is 0 Å². The van der Waals surface area contributed by atoms with Gasteiger partial charge in [-0.3, -0.25) is 4.84 Å². The van der Waals surface area contributed by atoms with E-state index in [4.69, 9.17) is 4.84 Å². The van der Waals surface area contributed by atoms with Crippen molar-refractivity contribution >= 4 is 0 Å². The smallest absolute Gasteiger partial charge is 0.0685 e. The molecule has 5 nitrogen and oxygen atoms in total. The molecule has 1 aliphatic rings. The Morgan fingerprint density at radius 2 is 1.13 bits per heavy atom. The van der Waals surface area contributed by atoms with Gasteiger partial charge in [-0.25, -0.2) is 0 Å². The summed E-state index contributed by atoms with van der Waals surface area (Å²) in [4.78, 5) is 5.97. The van der Waals surface area contributed by atoms with Gasteiger partial charge in [-0.2, -0.15) is 5.06 Å². The van der Waals surface area contributed by atoms with Crippen LogP contribution in [0.25, 0.3) is 0 Å². The minimum Gasteiger partial charge on any atom is -0.314 e. The van der Waals surface area contributed by atoms with Gasteiger partial charge < -0.3 is 16.0 Å². The van der Waals surface area contributed by atoms with Gasteiger partial charge in [0.15, 0.2) is 0 Å². The molecule has 1 rings (SSSR count). The molecule has 0 amide bonds. The molecule has 0 aromatic heterocycles. The number of rotatable bonds is 10. The summed E-state index contributed by atoms with van der Waals surface area (Å²) in [6.07, 6.45) is 10.8. The van der Waals surface area contributed by atoms with Crippen LogP contribution in [-0.2, 0) is 4.84 Å². The van der Waals surface area contributed by atoms with Crippen LogP contribution in [0.5, 0.6) is 0 Å². The topological polar surface area (TPSA) is 48.6 Å². The van der Waals surface area contributed by atoms with Gasteiger partial charge in [0.2, 0.25) is 0 Å². The first-order valence-electron chi connectivity index (χ1n) is 9.93. The Labute approximate surface area is 143 Å². The van der Waals surface area contributed by atoms with Crippen LogP contribution in [0.4, 0.5) is 0 Å². The SMILES string of the molecule is CCCCCCCCCCON1CCNCCNCCNCC1. The van der Waals surface area contributed by atoms with Crippen molar-refractivity contribution in [2.45, 2.75) is 58.3 Å². The molecule has 1 heterocycles. The summed E-state index contributed by atoms with van der Waals surface area (Å²) in [7, 11) is 0. The van der Waals surface area contributed by atoms with Crippen LogP contribution in [0.1, 0.15) is 58.3 Å². The molecule has 0 radical (unpaired) electrons. The van der Waals surface area contributed by atoms with E-state index in [0.717, 1.165) is 59.0 Å². The van der Waals surface area contributed by atoms with Crippen LogP contribution in [0.2, 0.25) is 0 Å². The number of nitrogens with one attached hydrogen (secondary N) is 3. The number of unbranched alkanes of at least 4 members (excludes halogenated alkanes) is 7. The molecular formula is C18H40N4O. The third kappa shape index (κ3) is 13.9. The lowest BCUT2D eigenvalue weighted by atomic mass is 10.1. The van der Waals surface area contributed by atoms with Gasteiger partial charge in [-0.1, -0.05) is 51.9 Å². The van der Waals surface area contributed by atoms with E-state index >= 15 is 0 Å². The van der Waals surface area contributed by atoms with Crippen molar-refractivity contribution in [3.63, 3.8) is 0 Å². The van der Waals surface area contributed by atoms with E-state index in [1.165, 1.54) is 51.4 Å². The maximum absolute atomic E-state index is 5.97. The first-order chi connectivity index (χ1) is 11.4.